The fraction of sp³-hybridized carbons (Fsp3) is 0.125. The van der Waals surface area contributed by atoms with Crippen molar-refractivity contribution < 1.29 is 4.79 Å². The van der Waals surface area contributed by atoms with E-state index in [1.165, 1.54) is 22.6 Å². The molecule has 0 bridgehead atoms. The Balaban J connectivity index is 1.71. The maximum atomic E-state index is 12.3. The van der Waals surface area contributed by atoms with E-state index in [1.807, 2.05) is 24.3 Å². The summed E-state index contributed by atoms with van der Waals surface area (Å²) in [6.45, 7) is 1.75. The van der Waals surface area contributed by atoms with Gasteiger partial charge in [0, 0.05) is 16.2 Å². The second-order valence-corrected chi connectivity index (χ2v) is 7.87. The van der Waals surface area contributed by atoms with Crippen LogP contribution < -0.4 is 11.2 Å². The van der Waals surface area contributed by atoms with Crippen LogP contribution in [0.1, 0.15) is 6.92 Å². The molecule has 0 fully saturated rings. The predicted molar refractivity (Wildman–Crippen MR) is 107 cm³/mol. The number of rotatable bonds is 5. The van der Waals surface area contributed by atoms with E-state index in [1.54, 1.807) is 19.1 Å². The molecule has 2 heterocycles. The van der Waals surface area contributed by atoms with Crippen molar-refractivity contribution in [3.8, 4) is 11.4 Å². The third-order valence-electron chi connectivity index (χ3n) is 3.41. The summed E-state index contributed by atoms with van der Waals surface area (Å²) in [6, 6.07) is 10.9. The van der Waals surface area contributed by atoms with Gasteiger partial charge in [-0.25, -0.2) is 9.66 Å². The number of aromatic nitrogens is 4. The summed E-state index contributed by atoms with van der Waals surface area (Å²) in [5, 5.41) is 11.4. The average Bonchev–Trinajstić information content (AvgIpc) is 2.98. The summed E-state index contributed by atoms with van der Waals surface area (Å²) in [5.41, 5.74) is 0.816. The van der Waals surface area contributed by atoms with Gasteiger partial charge in [-0.15, -0.1) is 10.2 Å². The highest BCUT2D eigenvalue weighted by Gasteiger charge is 2.21. The number of benzene rings is 1. The van der Waals surface area contributed by atoms with Crippen molar-refractivity contribution in [2.45, 2.75) is 17.3 Å². The Labute approximate surface area is 167 Å². The fourth-order valence-electron chi connectivity index (χ4n) is 2.07. The topological polar surface area (TPSA) is 98.7 Å². The highest BCUT2D eigenvalue weighted by molar-refractivity contribution is 9.10. The summed E-state index contributed by atoms with van der Waals surface area (Å²) in [4.78, 5) is 16.4. The van der Waals surface area contributed by atoms with E-state index in [4.69, 9.17) is 17.4 Å². The zero-order valence-corrected chi connectivity index (χ0v) is 16.7. The first kappa shape index (κ1) is 18.7. The van der Waals surface area contributed by atoms with Crippen LogP contribution in [0.4, 0.5) is 5.82 Å². The van der Waals surface area contributed by atoms with Gasteiger partial charge in [0.2, 0.25) is 11.1 Å². The molecule has 0 aliphatic rings. The Bertz CT molecular complexity index is 933. The maximum absolute atomic E-state index is 12.3. The third-order valence-corrected chi connectivity index (χ3v) is 5.38. The van der Waals surface area contributed by atoms with Gasteiger partial charge < -0.3 is 11.2 Å². The minimum atomic E-state index is -0.453. The maximum Gasteiger partial charge on any atom is 0.238 e. The molecule has 1 amide bonds. The van der Waals surface area contributed by atoms with Crippen molar-refractivity contribution in [3.05, 3.63) is 52.1 Å². The van der Waals surface area contributed by atoms with Gasteiger partial charge in [-0.1, -0.05) is 51.4 Å². The molecule has 7 nitrogen and oxygen atoms in total. The van der Waals surface area contributed by atoms with Gasteiger partial charge in [0.05, 0.1) is 10.3 Å². The Morgan fingerprint density at radius 2 is 2.08 bits per heavy atom. The molecular formula is C16H14BrClN6OS. The standard InChI is InChI=1S/C16H14BrClN6OS/c1-9(15(25)21-13-7-6-10(18)8-20-13)26-16-23-22-14(24(16)19)11-4-2-3-5-12(11)17/h2-9H,19H2,1H3,(H,20,21,25)/t9-/m0/s1. The van der Waals surface area contributed by atoms with Crippen LogP contribution >= 0.6 is 39.3 Å². The number of amides is 1. The van der Waals surface area contributed by atoms with Crippen molar-refractivity contribution in [2.24, 2.45) is 0 Å². The van der Waals surface area contributed by atoms with Crippen LogP contribution in [0.5, 0.6) is 0 Å². The van der Waals surface area contributed by atoms with E-state index in [0.29, 0.717) is 21.8 Å². The van der Waals surface area contributed by atoms with Crippen molar-refractivity contribution in [1.82, 2.24) is 19.9 Å². The zero-order valence-electron chi connectivity index (χ0n) is 13.6. The number of carbonyl (C=O) groups is 1. The third kappa shape index (κ3) is 4.17. The van der Waals surface area contributed by atoms with Crippen LogP contribution in [-0.4, -0.2) is 31.0 Å². The molecule has 1 aromatic carbocycles. The first-order valence-electron chi connectivity index (χ1n) is 7.50. The molecule has 0 radical (unpaired) electrons. The highest BCUT2D eigenvalue weighted by Crippen LogP contribution is 2.29. The van der Waals surface area contributed by atoms with Gasteiger partial charge in [-0.2, -0.15) is 0 Å². The normalized spacial score (nSPS) is 12.0. The Morgan fingerprint density at radius 1 is 1.31 bits per heavy atom. The second-order valence-electron chi connectivity index (χ2n) is 5.27. The number of nitrogens with zero attached hydrogens (tertiary/aromatic N) is 4. The van der Waals surface area contributed by atoms with Gasteiger partial charge in [0.15, 0.2) is 5.82 Å². The molecule has 0 spiro atoms. The van der Waals surface area contributed by atoms with Gasteiger partial charge >= 0.3 is 0 Å². The molecule has 0 unspecified atom stereocenters. The number of hydrogen-bond acceptors (Lipinski definition) is 6. The molecule has 0 aliphatic heterocycles. The van der Waals surface area contributed by atoms with Crippen molar-refractivity contribution in [1.29, 1.82) is 0 Å². The van der Waals surface area contributed by atoms with E-state index in [-0.39, 0.29) is 5.91 Å². The number of nitrogens with one attached hydrogen (secondary N) is 1. The minimum Gasteiger partial charge on any atom is -0.335 e. The Morgan fingerprint density at radius 3 is 2.77 bits per heavy atom. The molecule has 0 saturated carbocycles. The van der Waals surface area contributed by atoms with E-state index in [2.05, 4.69) is 36.4 Å². The van der Waals surface area contributed by atoms with Crippen LogP contribution in [0, 0.1) is 0 Å². The predicted octanol–water partition coefficient (Wildman–Crippen LogP) is 3.59. The molecule has 0 aliphatic carbocycles. The molecule has 134 valence electrons. The number of anilines is 1. The van der Waals surface area contributed by atoms with E-state index in [0.717, 1.165) is 10.0 Å². The molecule has 3 aromatic rings. The molecule has 0 saturated heterocycles. The van der Waals surface area contributed by atoms with E-state index >= 15 is 0 Å². The lowest BCUT2D eigenvalue weighted by molar-refractivity contribution is -0.115. The lowest BCUT2D eigenvalue weighted by Crippen LogP contribution is -2.24. The molecule has 1 atom stereocenters. The van der Waals surface area contributed by atoms with Crippen LogP contribution in [0.2, 0.25) is 5.02 Å². The zero-order chi connectivity index (χ0) is 18.7. The Kier molecular flexibility index (Phi) is 5.80. The molecular weight excluding hydrogens is 440 g/mol. The highest BCUT2D eigenvalue weighted by atomic mass is 79.9. The largest absolute Gasteiger partial charge is 0.335 e. The first-order chi connectivity index (χ1) is 12.5. The van der Waals surface area contributed by atoms with Gasteiger partial charge in [-0.3, -0.25) is 4.79 Å². The summed E-state index contributed by atoms with van der Waals surface area (Å²) >= 11 is 10.5. The lowest BCUT2D eigenvalue weighted by atomic mass is 10.2. The van der Waals surface area contributed by atoms with Crippen molar-refractivity contribution in [2.75, 3.05) is 11.2 Å². The van der Waals surface area contributed by atoms with Crippen LogP contribution in [0.25, 0.3) is 11.4 Å². The number of pyridine rings is 1. The quantitative estimate of drug-likeness (QED) is 0.452. The van der Waals surface area contributed by atoms with Crippen LogP contribution in [-0.2, 0) is 4.79 Å². The number of thioether (sulfide) groups is 1. The number of nitrogen functional groups attached to an aromatic ring is 1. The molecule has 3 rings (SSSR count). The number of halogens is 2. The summed E-state index contributed by atoms with van der Waals surface area (Å²) in [6.07, 6.45) is 1.47. The Hall–Kier alpha value is -2.10. The SMILES string of the molecule is C[C@H](Sc1nnc(-c2ccccc2Br)n1N)C(=O)Nc1ccc(Cl)cn1. The lowest BCUT2D eigenvalue weighted by Gasteiger charge is -2.11. The number of hydrogen-bond donors (Lipinski definition) is 2. The summed E-state index contributed by atoms with van der Waals surface area (Å²) < 4.78 is 2.23. The average molecular weight is 454 g/mol. The van der Waals surface area contributed by atoms with E-state index < -0.39 is 5.25 Å². The molecule has 2 aromatic heterocycles. The first-order valence-corrected chi connectivity index (χ1v) is 9.55. The fourth-order valence-corrected chi connectivity index (χ4v) is 3.42. The van der Waals surface area contributed by atoms with Gasteiger partial charge in [0.25, 0.3) is 0 Å². The van der Waals surface area contributed by atoms with Gasteiger partial charge in [-0.05, 0) is 31.2 Å². The van der Waals surface area contributed by atoms with Crippen LogP contribution in [0.3, 0.4) is 0 Å². The van der Waals surface area contributed by atoms with E-state index in [9.17, 15) is 4.79 Å². The van der Waals surface area contributed by atoms with Crippen molar-refractivity contribution >= 4 is 51.0 Å². The summed E-state index contributed by atoms with van der Waals surface area (Å²) in [5.74, 6) is 6.82. The minimum absolute atomic E-state index is 0.227. The number of nitrogens with two attached hydrogens (primary N) is 1. The molecule has 26 heavy (non-hydrogen) atoms. The van der Waals surface area contributed by atoms with Crippen LogP contribution in [0.15, 0.2) is 52.2 Å². The second kappa shape index (κ2) is 8.07. The van der Waals surface area contributed by atoms with Gasteiger partial charge in [0.1, 0.15) is 5.82 Å². The molecule has 10 heteroatoms. The monoisotopic (exact) mass is 452 g/mol. The molecule has 3 N–H and O–H groups in total. The summed E-state index contributed by atoms with van der Waals surface area (Å²) in [7, 11) is 0. The van der Waals surface area contributed by atoms with Crippen molar-refractivity contribution in [3.63, 3.8) is 0 Å². The number of carbonyl (C=O) groups excluding carboxylic acids is 1. The smallest absolute Gasteiger partial charge is 0.238 e.